The fraction of sp³-hybridized carbons (Fsp3) is 0.368. The Morgan fingerprint density at radius 1 is 1.14 bits per heavy atom. The Bertz CT molecular complexity index is 681. The van der Waals surface area contributed by atoms with Gasteiger partial charge in [-0.3, -0.25) is 0 Å². The SMILES string of the molecule is CC[C@H]1Cc2cccc(OC)c2[C@@H](c2ccc(Cl)c(Cl)c2)C1. The van der Waals surface area contributed by atoms with E-state index in [4.69, 9.17) is 27.9 Å². The minimum atomic E-state index is 0.319. The first-order valence-electron chi connectivity index (χ1n) is 7.74. The Morgan fingerprint density at radius 3 is 2.64 bits per heavy atom. The quantitative estimate of drug-likeness (QED) is 0.658. The summed E-state index contributed by atoms with van der Waals surface area (Å²) in [6.07, 6.45) is 3.44. The molecule has 2 atom stereocenters. The molecule has 0 radical (unpaired) electrons. The van der Waals surface area contributed by atoms with Crippen LogP contribution in [0.15, 0.2) is 36.4 Å². The number of halogens is 2. The summed E-state index contributed by atoms with van der Waals surface area (Å²) in [7, 11) is 1.74. The molecule has 3 rings (SSSR count). The zero-order valence-corrected chi connectivity index (χ0v) is 14.4. The number of benzene rings is 2. The van der Waals surface area contributed by atoms with E-state index in [1.807, 2.05) is 12.1 Å². The Balaban J connectivity index is 2.12. The molecule has 1 nitrogen and oxygen atoms in total. The number of hydrogen-bond donors (Lipinski definition) is 0. The van der Waals surface area contributed by atoms with E-state index >= 15 is 0 Å². The molecule has 0 unspecified atom stereocenters. The predicted octanol–water partition coefficient (Wildman–Crippen LogP) is 6.11. The van der Waals surface area contributed by atoms with Crippen molar-refractivity contribution < 1.29 is 4.74 Å². The van der Waals surface area contributed by atoms with Gasteiger partial charge in [0, 0.05) is 11.5 Å². The molecule has 0 heterocycles. The van der Waals surface area contributed by atoms with Crippen LogP contribution in [0.4, 0.5) is 0 Å². The van der Waals surface area contributed by atoms with Gasteiger partial charge in [0.05, 0.1) is 17.2 Å². The molecule has 0 spiro atoms. The van der Waals surface area contributed by atoms with Gasteiger partial charge in [-0.1, -0.05) is 54.7 Å². The van der Waals surface area contributed by atoms with Crippen molar-refractivity contribution >= 4 is 23.2 Å². The van der Waals surface area contributed by atoms with Crippen molar-refractivity contribution in [2.75, 3.05) is 7.11 Å². The van der Waals surface area contributed by atoms with Gasteiger partial charge in [0.15, 0.2) is 0 Å². The molecule has 22 heavy (non-hydrogen) atoms. The molecule has 0 N–H and O–H groups in total. The van der Waals surface area contributed by atoms with Gasteiger partial charge in [0.2, 0.25) is 0 Å². The monoisotopic (exact) mass is 334 g/mol. The number of methoxy groups -OCH3 is 1. The van der Waals surface area contributed by atoms with Crippen molar-refractivity contribution in [3.05, 3.63) is 63.1 Å². The van der Waals surface area contributed by atoms with Crippen molar-refractivity contribution in [1.82, 2.24) is 0 Å². The minimum absolute atomic E-state index is 0.319. The molecule has 0 aromatic heterocycles. The minimum Gasteiger partial charge on any atom is -0.496 e. The molecule has 2 aromatic rings. The maximum Gasteiger partial charge on any atom is 0.122 e. The topological polar surface area (TPSA) is 9.23 Å². The third-order valence-corrected chi connectivity index (χ3v) is 5.46. The lowest BCUT2D eigenvalue weighted by Gasteiger charge is -2.33. The summed E-state index contributed by atoms with van der Waals surface area (Å²) in [6.45, 7) is 2.27. The Morgan fingerprint density at radius 2 is 1.95 bits per heavy atom. The molecule has 0 bridgehead atoms. The zero-order chi connectivity index (χ0) is 15.7. The molecule has 3 heteroatoms. The number of rotatable bonds is 3. The summed E-state index contributed by atoms with van der Waals surface area (Å²) < 4.78 is 5.63. The smallest absolute Gasteiger partial charge is 0.122 e. The summed E-state index contributed by atoms with van der Waals surface area (Å²) >= 11 is 12.3. The molecule has 0 saturated heterocycles. The number of ether oxygens (including phenoxy) is 1. The molecule has 0 saturated carbocycles. The first-order chi connectivity index (χ1) is 10.6. The zero-order valence-electron chi connectivity index (χ0n) is 12.9. The number of hydrogen-bond acceptors (Lipinski definition) is 1. The summed E-state index contributed by atoms with van der Waals surface area (Å²) in [5.41, 5.74) is 3.93. The highest BCUT2D eigenvalue weighted by atomic mass is 35.5. The third kappa shape index (κ3) is 2.85. The van der Waals surface area contributed by atoms with Gasteiger partial charge in [-0.2, -0.15) is 0 Å². The van der Waals surface area contributed by atoms with Gasteiger partial charge in [-0.05, 0) is 48.1 Å². The average molecular weight is 335 g/mol. The van der Waals surface area contributed by atoms with E-state index in [-0.39, 0.29) is 0 Å². The van der Waals surface area contributed by atoms with E-state index in [1.165, 1.54) is 23.1 Å². The van der Waals surface area contributed by atoms with Crippen molar-refractivity contribution in [1.29, 1.82) is 0 Å². The second-order valence-electron chi connectivity index (χ2n) is 5.97. The molecule has 0 aliphatic heterocycles. The summed E-state index contributed by atoms with van der Waals surface area (Å²) in [5, 5.41) is 1.22. The van der Waals surface area contributed by atoms with Crippen LogP contribution in [0, 0.1) is 5.92 Å². The lowest BCUT2D eigenvalue weighted by atomic mass is 9.73. The second-order valence-corrected chi connectivity index (χ2v) is 6.79. The van der Waals surface area contributed by atoms with Crippen LogP contribution in [0.5, 0.6) is 5.75 Å². The first kappa shape index (κ1) is 15.7. The fourth-order valence-electron chi connectivity index (χ4n) is 3.53. The average Bonchev–Trinajstić information content (AvgIpc) is 2.55. The summed E-state index contributed by atoms with van der Waals surface area (Å²) in [6, 6.07) is 12.3. The number of fused-ring (bicyclic) bond motifs is 1. The van der Waals surface area contributed by atoms with Crippen LogP contribution < -0.4 is 4.74 Å². The van der Waals surface area contributed by atoms with E-state index < -0.39 is 0 Å². The first-order valence-corrected chi connectivity index (χ1v) is 8.50. The molecule has 2 aromatic carbocycles. The van der Waals surface area contributed by atoms with Gasteiger partial charge >= 0.3 is 0 Å². The highest BCUT2D eigenvalue weighted by molar-refractivity contribution is 6.42. The highest BCUT2D eigenvalue weighted by Gasteiger charge is 2.30. The van der Waals surface area contributed by atoms with Crippen LogP contribution in [-0.4, -0.2) is 7.11 Å². The fourth-order valence-corrected chi connectivity index (χ4v) is 3.84. The van der Waals surface area contributed by atoms with Gasteiger partial charge < -0.3 is 4.74 Å². The van der Waals surface area contributed by atoms with Crippen LogP contribution in [0.3, 0.4) is 0 Å². The second kappa shape index (κ2) is 6.52. The van der Waals surface area contributed by atoms with Crippen LogP contribution >= 0.6 is 23.2 Å². The van der Waals surface area contributed by atoms with Crippen LogP contribution in [0.25, 0.3) is 0 Å². The molecular weight excluding hydrogens is 315 g/mol. The molecule has 0 fully saturated rings. The third-order valence-electron chi connectivity index (χ3n) is 4.73. The van der Waals surface area contributed by atoms with Gasteiger partial charge in [0.25, 0.3) is 0 Å². The van der Waals surface area contributed by atoms with E-state index in [0.29, 0.717) is 21.9 Å². The maximum absolute atomic E-state index is 6.24. The van der Waals surface area contributed by atoms with Crippen molar-refractivity contribution in [2.45, 2.75) is 32.1 Å². The van der Waals surface area contributed by atoms with Crippen molar-refractivity contribution in [3.8, 4) is 5.75 Å². The highest BCUT2D eigenvalue weighted by Crippen LogP contribution is 2.45. The van der Waals surface area contributed by atoms with Crippen molar-refractivity contribution in [3.63, 3.8) is 0 Å². The van der Waals surface area contributed by atoms with Gasteiger partial charge in [0.1, 0.15) is 5.75 Å². The largest absolute Gasteiger partial charge is 0.496 e. The normalized spacial score (nSPS) is 20.5. The van der Waals surface area contributed by atoms with Crippen LogP contribution in [0.1, 0.15) is 42.4 Å². The van der Waals surface area contributed by atoms with E-state index in [0.717, 1.165) is 18.6 Å². The van der Waals surface area contributed by atoms with Crippen molar-refractivity contribution in [2.24, 2.45) is 5.92 Å². The molecule has 1 aliphatic rings. The Kier molecular flexibility index (Phi) is 4.65. The maximum atomic E-state index is 6.24. The van der Waals surface area contributed by atoms with E-state index in [1.54, 1.807) is 7.11 Å². The van der Waals surface area contributed by atoms with Gasteiger partial charge in [-0.25, -0.2) is 0 Å². The molecule has 116 valence electrons. The Labute approximate surface area is 142 Å². The van der Waals surface area contributed by atoms with E-state index in [9.17, 15) is 0 Å². The summed E-state index contributed by atoms with van der Waals surface area (Å²) in [5.74, 6) is 1.99. The molecule has 1 aliphatic carbocycles. The standard InChI is InChI=1S/C19H20Cl2O/c1-3-12-9-14-5-4-6-18(22-2)19(14)15(10-12)13-7-8-16(20)17(21)11-13/h4-8,11-12,15H,3,9-10H2,1-2H3/t12-,15+/m0/s1. The lowest BCUT2D eigenvalue weighted by molar-refractivity contribution is 0.378. The summed E-state index contributed by atoms with van der Waals surface area (Å²) in [4.78, 5) is 0. The van der Waals surface area contributed by atoms with Crippen LogP contribution in [0.2, 0.25) is 10.0 Å². The van der Waals surface area contributed by atoms with Gasteiger partial charge in [-0.15, -0.1) is 0 Å². The molecule has 0 amide bonds. The van der Waals surface area contributed by atoms with Crippen LogP contribution in [-0.2, 0) is 6.42 Å². The lowest BCUT2D eigenvalue weighted by Crippen LogP contribution is -2.20. The Hall–Kier alpha value is -1.18. The van der Waals surface area contributed by atoms with E-state index in [2.05, 4.69) is 31.2 Å². The predicted molar refractivity (Wildman–Crippen MR) is 93.4 cm³/mol. The molecular formula is C19H20Cl2O.